The molecule has 0 spiro atoms. The highest BCUT2D eigenvalue weighted by Gasteiger charge is 2.03. The minimum Gasteiger partial charge on any atom is -0.341 e. The number of nitrogens with zero attached hydrogens (tertiary/aromatic N) is 2. The summed E-state index contributed by atoms with van der Waals surface area (Å²) in [6, 6.07) is 1.78. The van der Waals surface area contributed by atoms with Gasteiger partial charge in [0.1, 0.15) is 13.1 Å². The van der Waals surface area contributed by atoms with Crippen molar-refractivity contribution in [2.45, 2.75) is 6.54 Å². The molecule has 6 heteroatoms. The maximum absolute atomic E-state index is 11.0. The van der Waals surface area contributed by atoms with Gasteiger partial charge in [-0.1, -0.05) is 11.3 Å². The van der Waals surface area contributed by atoms with Crippen LogP contribution in [0.1, 0.15) is 0 Å². The van der Waals surface area contributed by atoms with E-state index >= 15 is 0 Å². The zero-order valence-electron chi connectivity index (χ0n) is 6.69. The average molecular weight is 197 g/mol. The first-order chi connectivity index (χ1) is 6.24. The normalized spacial score (nSPS) is 9.15. The Morgan fingerprint density at radius 1 is 1.77 bits per heavy atom. The first-order valence-corrected chi connectivity index (χ1v) is 4.39. The molecule has 0 atom stereocenters. The van der Waals surface area contributed by atoms with Crippen LogP contribution in [0, 0.1) is 11.3 Å². The SMILES string of the molecule is N#CCNC(=O)Cn1ccsc1=O. The monoisotopic (exact) mass is 197 g/mol. The van der Waals surface area contributed by atoms with Crippen LogP contribution < -0.4 is 10.2 Å². The van der Waals surface area contributed by atoms with Crippen molar-refractivity contribution < 1.29 is 4.79 Å². The summed E-state index contributed by atoms with van der Waals surface area (Å²) in [4.78, 5) is 21.8. The third-order valence-electron chi connectivity index (χ3n) is 1.32. The van der Waals surface area contributed by atoms with Crippen molar-refractivity contribution in [3.63, 3.8) is 0 Å². The maximum atomic E-state index is 11.0. The Morgan fingerprint density at radius 2 is 2.54 bits per heavy atom. The Balaban J connectivity index is 2.51. The summed E-state index contributed by atoms with van der Waals surface area (Å²) in [6.07, 6.45) is 1.54. The molecular weight excluding hydrogens is 190 g/mol. The molecule has 1 amide bonds. The lowest BCUT2D eigenvalue weighted by Gasteiger charge is -1.99. The molecule has 1 N–H and O–H groups in total. The number of amides is 1. The molecule has 0 unspecified atom stereocenters. The quantitative estimate of drug-likeness (QED) is 0.667. The van der Waals surface area contributed by atoms with Crippen LogP contribution >= 0.6 is 11.3 Å². The molecule has 1 aromatic rings. The van der Waals surface area contributed by atoms with Gasteiger partial charge in [-0.2, -0.15) is 5.26 Å². The standard InChI is InChI=1S/C7H7N3O2S/c8-1-2-9-6(11)5-10-3-4-13-7(10)12/h3-4H,2,5H2,(H,9,11). The van der Waals surface area contributed by atoms with E-state index in [1.54, 1.807) is 17.6 Å². The minimum absolute atomic E-state index is 0.0238. The van der Waals surface area contributed by atoms with Crippen LogP contribution in [0.15, 0.2) is 16.4 Å². The largest absolute Gasteiger partial charge is 0.341 e. The van der Waals surface area contributed by atoms with Gasteiger partial charge in [-0.25, -0.2) is 0 Å². The molecule has 0 aliphatic heterocycles. The first kappa shape index (κ1) is 9.48. The highest BCUT2D eigenvalue weighted by atomic mass is 32.1. The van der Waals surface area contributed by atoms with Gasteiger partial charge in [0.2, 0.25) is 5.91 Å². The lowest BCUT2D eigenvalue weighted by atomic mass is 10.5. The van der Waals surface area contributed by atoms with Crippen LogP contribution in [0.5, 0.6) is 0 Å². The predicted molar refractivity (Wildman–Crippen MR) is 47.2 cm³/mol. The number of carbonyl (C=O) groups is 1. The van der Waals surface area contributed by atoms with E-state index in [1.165, 1.54) is 4.57 Å². The minimum atomic E-state index is -0.331. The lowest BCUT2D eigenvalue weighted by molar-refractivity contribution is -0.121. The molecule has 68 valence electrons. The van der Waals surface area contributed by atoms with Gasteiger partial charge >= 0.3 is 4.87 Å². The van der Waals surface area contributed by atoms with Crippen molar-refractivity contribution in [2.75, 3.05) is 6.54 Å². The van der Waals surface area contributed by atoms with E-state index in [0.29, 0.717) is 0 Å². The van der Waals surface area contributed by atoms with Crippen molar-refractivity contribution in [1.29, 1.82) is 5.26 Å². The lowest BCUT2D eigenvalue weighted by Crippen LogP contribution is -2.30. The number of aromatic nitrogens is 1. The summed E-state index contributed by atoms with van der Waals surface area (Å²) in [6.45, 7) is -0.0538. The van der Waals surface area contributed by atoms with Gasteiger partial charge in [-0.3, -0.25) is 14.2 Å². The molecule has 1 aromatic heterocycles. The zero-order chi connectivity index (χ0) is 9.68. The van der Waals surface area contributed by atoms with Gasteiger partial charge in [0.15, 0.2) is 0 Å². The number of hydrogen-bond acceptors (Lipinski definition) is 4. The number of nitriles is 1. The number of nitrogens with one attached hydrogen (secondary N) is 1. The Labute approximate surface area is 78.2 Å². The fraction of sp³-hybridized carbons (Fsp3) is 0.286. The smallest absolute Gasteiger partial charge is 0.307 e. The van der Waals surface area contributed by atoms with E-state index in [4.69, 9.17) is 5.26 Å². The number of thiazole rings is 1. The van der Waals surface area contributed by atoms with Crippen LogP contribution in [0.2, 0.25) is 0 Å². The van der Waals surface area contributed by atoms with Crippen molar-refractivity contribution in [1.82, 2.24) is 9.88 Å². The number of hydrogen-bond donors (Lipinski definition) is 1. The third-order valence-corrected chi connectivity index (χ3v) is 2.02. The highest BCUT2D eigenvalue weighted by molar-refractivity contribution is 7.07. The highest BCUT2D eigenvalue weighted by Crippen LogP contribution is 1.88. The summed E-state index contributed by atoms with van der Waals surface area (Å²) in [7, 11) is 0. The summed E-state index contributed by atoms with van der Waals surface area (Å²) in [5.74, 6) is -0.331. The Kier molecular flexibility index (Phi) is 3.23. The molecule has 0 aliphatic rings. The third kappa shape index (κ3) is 2.72. The Morgan fingerprint density at radius 3 is 3.08 bits per heavy atom. The van der Waals surface area contributed by atoms with E-state index in [-0.39, 0.29) is 23.9 Å². The molecule has 0 aromatic carbocycles. The molecule has 5 nitrogen and oxygen atoms in total. The van der Waals surface area contributed by atoms with Gasteiger partial charge in [0, 0.05) is 11.6 Å². The molecule has 1 heterocycles. The van der Waals surface area contributed by atoms with Gasteiger partial charge in [0.25, 0.3) is 0 Å². The summed E-state index contributed by atoms with van der Waals surface area (Å²) in [5.41, 5.74) is 0. The fourth-order valence-electron chi connectivity index (χ4n) is 0.757. The van der Waals surface area contributed by atoms with E-state index in [9.17, 15) is 9.59 Å². The van der Waals surface area contributed by atoms with Crippen LogP contribution in [-0.2, 0) is 11.3 Å². The first-order valence-electron chi connectivity index (χ1n) is 3.51. The van der Waals surface area contributed by atoms with Crippen LogP contribution in [0.25, 0.3) is 0 Å². The van der Waals surface area contributed by atoms with E-state index < -0.39 is 0 Å². The molecule has 0 saturated carbocycles. The molecular formula is C7H7N3O2S. The summed E-state index contributed by atoms with van der Waals surface area (Å²) in [5, 5.41) is 12.1. The fourth-order valence-corrected chi connectivity index (χ4v) is 1.34. The zero-order valence-corrected chi connectivity index (χ0v) is 7.50. The number of carbonyl (C=O) groups excluding carboxylic acids is 1. The van der Waals surface area contributed by atoms with Crippen molar-refractivity contribution >= 4 is 17.2 Å². The topological polar surface area (TPSA) is 74.9 Å². The Bertz CT molecular complexity index is 387. The molecule has 0 aliphatic carbocycles. The molecule has 0 bridgehead atoms. The van der Waals surface area contributed by atoms with Crippen molar-refractivity contribution in [3.05, 3.63) is 21.2 Å². The van der Waals surface area contributed by atoms with E-state index in [1.807, 2.05) is 0 Å². The molecule has 0 fully saturated rings. The summed E-state index contributed by atoms with van der Waals surface area (Å²) >= 11 is 1.03. The average Bonchev–Trinajstić information content (AvgIpc) is 2.48. The molecule has 0 saturated heterocycles. The van der Waals surface area contributed by atoms with Crippen molar-refractivity contribution in [3.8, 4) is 6.07 Å². The number of rotatable bonds is 3. The maximum Gasteiger partial charge on any atom is 0.307 e. The van der Waals surface area contributed by atoms with Crippen molar-refractivity contribution in [2.24, 2.45) is 0 Å². The second-order valence-corrected chi connectivity index (χ2v) is 3.09. The predicted octanol–water partition coefficient (Wildman–Crippen LogP) is -0.450. The van der Waals surface area contributed by atoms with Crippen LogP contribution in [-0.4, -0.2) is 17.0 Å². The summed E-state index contributed by atoms with van der Waals surface area (Å²) < 4.78 is 1.29. The van der Waals surface area contributed by atoms with Crippen LogP contribution in [0.4, 0.5) is 0 Å². The van der Waals surface area contributed by atoms with Gasteiger partial charge in [-0.15, -0.1) is 0 Å². The van der Waals surface area contributed by atoms with E-state index in [0.717, 1.165) is 11.3 Å². The molecule has 0 radical (unpaired) electrons. The molecule has 1 rings (SSSR count). The van der Waals surface area contributed by atoms with Gasteiger partial charge < -0.3 is 5.32 Å². The molecule has 13 heavy (non-hydrogen) atoms. The second kappa shape index (κ2) is 4.42. The van der Waals surface area contributed by atoms with Crippen LogP contribution in [0.3, 0.4) is 0 Å². The van der Waals surface area contributed by atoms with E-state index in [2.05, 4.69) is 5.32 Å². The second-order valence-electron chi connectivity index (χ2n) is 2.23. The van der Waals surface area contributed by atoms with Gasteiger partial charge in [-0.05, 0) is 0 Å². The van der Waals surface area contributed by atoms with Gasteiger partial charge in [0.05, 0.1) is 6.07 Å². The Hall–Kier alpha value is -1.61.